The first-order chi connectivity index (χ1) is 25.3. The smallest absolute Gasteiger partial charge is 0.159 e. The number of nitrogens with zero attached hydrogens (tertiary/aromatic N) is 2. The molecular weight excluding hydrogens is 621 g/mol. The molecule has 0 N–H and O–H groups in total. The van der Waals surface area contributed by atoms with Crippen LogP contribution in [0.15, 0.2) is 199 Å². The van der Waals surface area contributed by atoms with Crippen molar-refractivity contribution < 1.29 is 4.42 Å². The van der Waals surface area contributed by atoms with Gasteiger partial charge in [0, 0.05) is 44.6 Å². The van der Waals surface area contributed by atoms with Gasteiger partial charge >= 0.3 is 0 Å². The molecule has 1 aromatic heterocycles. The van der Waals surface area contributed by atoms with Crippen molar-refractivity contribution in [1.82, 2.24) is 0 Å². The minimum Gasteiger partial charge on any atom is -0.453 e. The van der Waals surface area contributed by atoms with Gasteiger partial charge in [-0.25, -0.2) is 0 Å². The molecule has 3 nitrogen and oxygen atoms in total. The average Bonchev–Trinajstić information content (AvgIpc) is 3.58. The lowest BCUT2D eigenvalue weighted by Gasteiger charge is -2.30. The predicted molar refractivity (Wildman–Crippen MR) is 216 cm³/mol. The van der Waals surface area contributed by atoms with Crippen molar-refractivity contribution in [1.29, 1.82) is 0 Å². The van der Waals surface area contributed by atoms with Crippen LogP contribution >= 0.6 is 0 Å². The van der Waals surface area contributed by atoms with E-state index in [2.05, 4.69) is 204 Å². The Morgan fingerprint density at radius 1 is 0.275 bits per heavy atom. The van der Waals surface area contributed by atoms with Crippen LogP contribution in [0.4, 0.5) is 34.1 Å². The van der Waals surface area contributed by atoms with Gasteiger partial charge in [-0.1, -0.05) is 127 Å². The van der Waals surface area contributed by atoms with Gasteiger partial charge in [0.2, 0.25) is 0 Å². The summed E-state index contributed by atoms with van der Waals surface area (Å²) in [7, 11) is 0. The van der Waals surface area contributed by atoms with Crippen molar-refractivity contribution in [3.05, 3.63) is 194 Å². The molecular formula is C48H32N2O. The Balaban J connectivity index is 1.31. The van der Waals surface area contributed by atoms with Gasteiger partial charge in [-0.05, 0) is 93.7 Å². The minimum atomic E-state index is 0.841. The summed E-state index contributed by atoms with van der Waals surface area (Å²) in [6, 6.07) is 69.2. The van der Waals surface area contributed by atoms with E-state index in [9.17, 15) is 0 Å². The highest BCUT2D eigenvalue weighted by atomic mass is 16.3. The number of anilines is 6. The molecule has 10 rings (SSSR count). The second-order valence-electron chi connectivity index (χ2n) is 13.0. The van der Waals surface area contributed by atoms with E-state index in [4.69, 9.17) is 4.42 Å². The van der Waals surface area contributed by atoms with Crippen molar-refractivity contribution >= 4 is 88.4 Å². The van der Waals surface area contributed by atoms with Crippen LogP contribution in [0.2, 0.25) is 0 Å². The van der Waals surface area contributed by atoms with Crippen LogP contribution in [0, 0.1) is 0 Å². The van der Waals surface area contributed by atoms with Crippen LogP contribution < -0.4 is 9.80 Å². The molecule has 0 bridgehead atoms. The molecule has 51 heavy (non-hydrogen) atoms. The third kappa shape index (κ3) is 4.98. The van der Waals surface area contributed by atoms with Gasteiger partial charge in [-0.15, -0.1) is 0 Å². The maximum atomic E-state index is 7.05. The molecule has 0 aliphatic rings. The number of para-hydroxylation sites is 2. The summed E-state index contributed by atoms with van der Waals surface area (Å²) >= 11 is 0. The summed E-state index contributed by atoms with van der Waals surface area (Å²) in [6.07, 6.45) is 0. The van der Waals surface area contributed by atoms with Gasteiger partial charge in [0.05, 0.1) is 5.69 Å². The molecule has 10 aromatic rings. The fourth-order valence-corrected chi connectivity index (χ4v) is 7.53. The number of benzene rings is 9. The Morgan fingerprint density at radius 2 is 0.784 bits per heavy atom. The highest BCUT2D eigenvalue weighted by Gasteiger charge is 2.24. The van der Waals surface area contributed by atoms with E-state index in [0.29, 0.717) is 0 Å². The highest BCUT2D eigenvalue weighted by Crippen LogP contribution is 2.48. The molecule has 0 spiro atoms. The number of fused-ring (bicyclic) bond motifs is 7. The summed E-state index contributed by atoms with van der Waals surface area (Å²) in [6.45, 7) is 0. The number of hydrogen-bond acceptors (Lipinski definition) is 3. The molecule has 9 aromatic carbocycles. The zero-order chi connectivity index (χ0) is 33.7. The fraction of sp³-hybridized carbons (Fsp3) is 0. The second-order valence-corrected chi connectivity index (χ2v) is 13.0. The van der Waals surface area contributed by atoms with Crippen LogP contribution in [-0.4, -0.2) is 0 Å². The summed E-state index contributed by atoms with van der Waals surface area (Å²) in [5.74, 6) is 0. The maximum Gasteiger partial charge on any atom is 0.159 e. The SMILES string of the molecule is c1ccc(N(c2ccc3ccccc3c2)c2cc(N(c3ccccc3)c3ccc4ccccc4c3)c3oc4c5ccccc5ccc4c3c2)cc1. The van der Waals surface area contributed by atoms with Crippen LogP contribution in [0.3, 0.4) is 0 Å². The monoisotopic (exact) mass is 652 g/mol. The third-order valence-corrected chi connectivity index (χ3v) is 9.94. The van der Waals surface area contributed by atoms with Gasteiger partial charge in [0.1, 0.15) is 5.58 Å². The van der Waals surface area contributed by atoms with E-state index in [0.717, 1.165) is 66.8 Å². The Bertz CT molecular complexity index is 2880. The largest absolute Gasteiger partial charge is 0.453 e. The molecule has 0 fully saturated rings. The molecule has 240 valence electrons. The normalized spacial score (nSPS) is 11.5. The predicted octanol–water partition coefficient (Wildman–Crippen LogP) is 14.0. The minimum absolute atomic E-state index is 0.841. The molecule has 0 saturated heterocycles. The van der Waals surface area contributed by atoms with Gasteiger partial charge < -0.3 is 14.2 Å². The van der Waals surface area contributed by atoms with Crippen molar-refractivity contribution in [2.75, 3.05) is 9.80 Å². The first-order valence-electron chi connectivity index (χ1n) is 17.3. The highest BCUT2D eigenvalue weighted by molar-refractivity contribution is 6.18. The lowest BCUT2D eigenvalue weighted by Crippen LogP contribution is -2.13. The Morgan fingerprint density at radius 3 is 1.43 bits per heavy atom. The van der Waals surface area contributed by atoms with Crippen molar-refractivity contribution in [3.63, 3.8) is 0 Å². The molecule has 0 amide bonds. The summed E-state index contributed by atoms with van der Waals surface area (Å²) in [5, 5.41) is 9.20. The van der Waals surface area contributed by atoms with E-state index in [1.165, 1.54) is 21.5 Å². The number of rotatable bonds is 6. The van der Waals surface area contributed by atoms with E-state index in [1.807, 2.05) is 0 Å². The summed E-state index contributed by atoms with van der Waals surface area (Å²) in [5.41, 5.74) is 8.00. The molecule has 0 aliphatic carbocycles. The Hall–Kier alpha value is -6.84. The second kappa shape index (κ2) is 11.9. The lowest BCUT2D eigenvalue weighted by atomic mass is 10.0. The van der Waals surface area contributed by atoms with Gasteiger partial charge in [0.15, 0.2) is 5.58 Å². The third-order valence-electron chi connectivity index (χ3n) is 9.94. The Kier molecular flexibility index (Phi) is 6.81. The zero-order valence-corrected chi connectivity index (χ0v) is 27.8. The van der Waals surface area contributed by atoms with Crippen molar-refractivity contribution in [3.8, 4) is 0 Å². The van der Waals surface area contributed by atoms with E-state index >= 15 is 0 Å². The maximum absolute atomic E-state index is 7.05. The topological polar surface area (TPSA) is 19.6 Å². The average molecular weight is 653 g/mol. The first-order valence-corrected chi connectivity index (χ1v) is 17.3. The van der Waals surface area contributed by atoms with E-state index in [1.54, 1.807) is 0 Å². The summed E-state index contributed by atoms with van der Waals surface area (Å²) in [4.78, 5) is 4.70. The van der Waals surface area contributed by atoms with Crippen LogP contribution in [0.1, 0.15) is 0 Å². The van der Waals surface area contributed by atoms with Gasteiger partial charge in [-0.3, -0.25) is 0 Å². The van der Waals surface area contributed by atoms with E-state index in [-0.39, 0.29) is 0 Å². The van der Waals surface area contributed by atoms with E-state index < -0.39 is 0 Å². The molecule has 3 heteroatoms. The van der Waals surface area contributed by atoms with Gasteiger partial charge in [0.25, 0.3) is 0 Å². The zero-order valence-electron chi connectivity index (χ0n) is 27.8. The van der Waals surface area contributed by atoms with Crippen LogP contribution in [-0.2, 0) is 0 Å². The first kappa shape index (κ1) is 29.1. The molecule has 0 unspecified atom stereocenters. The number of hydrogen-bond donors (Lipinski definition) is 0. The molecule has 0 aliphatic heterocycles. The fourth-order valence-electron chi connectivity index (χ4n) is 7.53. The number of furan rings is 1. The molecule has 0 atom stereocenters. The van der Waals surface area contributed by atoms with Crippen LogP contribution in [0.5, 0.6) is 0 Å². The lowest BCUT2D eigenvalue weighted by molar-refractivity contribution is 0.673. The van der Waals surface area contributed by atoms with Crippen molar-refractivity contribution in [2.24, 2.45) is 0 Å². The standard InChI is InChI=1S/C48H32N2O/c1-3-18-38(19-4-1)49(40-26-23-33-13-7-9-16-36(33)29-40)42-31-45-44-28-25-35-15-11-12-22-43(35)47(44)51-48(45)46(32-42)50(39-20-5-2-6-21-39)41-27-24-34-14-8-10-17-37(34)30-41/h1-32H. The summed E-state index contributed by atoms with van der Waals surface area (Å²) < 4.78 is 7.05. The molecule has 1 heterocycles. The molecule has 0 saturated carbocycles. The van der Waals surface area contributed by atoms with Gasteiger partial charge in [-0.2, -0.15) is 0 Å². The van der Waals surface area contributed by atoms with Crippen LogP contribution in [0.25, 0.3) is 54.3 Å². The van der Waals surface area contributed by atoms with Crippen molar-refractivity contribution in [2.45, 2.75) is 0 Å². The quantitative estimate of drug-likeness (QED) is 0.178. The molecule has 0 radical (unpaired) electrons. The Labute approximate surface area is 295 Å².